The zero-order chi connectivity index (χ0) is 13.9. The lowest BCUT2D eigenvalue weighted by Gasteiger charge is -2.01. The van der Waals surface area contributed by atoms with Gasteiger partial charge >= 0.3 is 10.1 Å². The van der Waals surface area contributed by atoms with Crippen LogP contribution >= 0.6 is 11.3 Å². The van der Waals surface area contributed by atoms with Crippen molar-refractivity contribution in [2.75, 3.05) is 6.01 Å². The Labute approximate surface area is 114 Å². The summed E-state index contributed by atoms with van der Waals surface area (Å²) in [6, 6.07) is 1.98. The molecule has 0 N–H and O–H groups in total. The molecule has 0 aliphatic carbocycles. The molecule has 0 saturated carbocycles. The third-order valence-electron chi connectivity index (χ3n) is 2.23. The number of aryl methyl sites for hydroxylation is 1. The van der Waals surface area contributed by atoms with Crippen LogP contribution in [0.5, 0.6) is 5.88 Å². The Bertz CT molecular complexity index is 656. The first-order valence-electron chi connectivity index (χ1n) is 5.44. The molecule has 5 nitrogen and oxygen atoms in total. The number of alkyl halides is 1. The molecule has 8 heteroatoms. The molecule has 2 aromatic heterocycles. The van der Waals surface area contributed by atoms with Gasteiger partial charge in [-0.25, -0.2) is 9.37 Å². The molecule has 102 valence electrons. The molecule has 2 aromatic rings. The summed E-state index contributed by atoms with van der Waals surface area (Å²) in [7, 11) is -4.21. The first-order valence-corrected chi connectivity index (χ1v) is 7.83. The number of rotatable bonds is 5. The molecule has 0 aromatic carbocycles. The van der Waals surface area contributed by atoms with Gasteiger partial charge in [0.1, 0.15) is 5.01 Å². The van der Waals surface area contributed by atoms with Gasteiger partial charge in [-0.2, -0.15) is 8.42 Å². The number of pyridine rings is 1. The summed E-state index contributed by atoms with van der Waals surface area (Å²) >= 11 is 1.30. The maximum atomic E-state index is 12.3. The van der Waals surface area contributed by atoms with Crippen LogP contribution in [0, 0.1) is 0 Å². The molecule has 0 saturated heterocycles. The molecule has 0 aliphatic heterocycles. The fourth-order valence-electron chi connectivity index (χ4n) is 1.38. The molecule has 0 unspecified atom stereocenters. The van der Waals surface area contributed by atoms with Crippen molar-refractivity contribution in [3.63, 3.8) is 0 Å². The lowest BCUT2D eigenvalue weighted by molar-refractivity contribution is 0.443. The van der Waals surface area contributed by atoms with Gasteiger partial charge in [-0.05, 0) is 18.6 Å². The lowest BCUT2D eigenvalue weighted by atomic mass is 10.3. The summed E-state index contributed by atoms with van der Waals surface area (Å²) in [5.74, 6) is -0.0518. The second kappa shape index (κ2) is 5.62. The Hall–Kier alpha value is -1.54. The monoisotopic (exact) mass is 302 g/mol. The highest BCUT2D eigenvalue weighted by Crippen LogP contribution is 2.33. The number of halogens is 1. The quantitative estimate of drug-likeness (QED) is 0.793. The maximum absolute atomic E-state index is 12.3. The highest BCUT2D eigenvalue weighted by atomic mass is 32.2. The molecule has 2 heterocycles. The van der Waals surface area contributed by atoms with Gasteiger partial charge in [0.2, 0.25) is 11.9 Å². The van der Waals surface area contributed by atoms with Crippen molar-refractivity contribution in [1.82, 2.24) is 9.97 Å². The smallest absolute Gasteiger partial charge is 0.340 e. The maximum Gasteiger partial charge on any atom is 0.340 e. The van der Waals surface area contributed by atoms with Crippen LogP contribution in [0.15, 0.2) is 24.5 Å². The zero-order valence-corrected chi connectivity index (χ0v) is 11.7. The first kappa shape index (κ1) is 13.9. The Morgan fingerprint density at radius 2 is 2.26 bits per heavy atom. The van der Waals surface area contributed by atoms with Crippen LogP contribution in [0.2, 0.25) is 0 Å². The summed E-state index contributed by atoms with van der Waals surface area (Å²) in [5, 5.41) is 0.592. The van der Waals surface area contributed by atoms with Crippen molar-refractivity contribution in [1.29, 1.82) is 0 Å². The van der Waals surface area contributed by atoms with Crippen LogP contribution in [-0.4, -0.2) is 24.4 Å². The van der Waals surface area contributed by atoms with E-state index in [1.807, 2.05) is 6.92 Å². The molecule has 0 spiro atoms. The van der Waals surface area contributed by atoms with E-state index in [0.717, 1.165) is 5.56 Å². The molecule has 2 rings (SSSR count). The number of nitrogens with zero attached hydrogens (tertiary/aromatic N) is 2. The Morgan fingerprint density at radius 1 is 1.47 bits per heavy atom. The predicted molar refractivity (Wildman–Crippen MR) is 70.2 cm³/mol. The third kappa shape index (κ3) is 3.27. The topological polar surface area (TPSA) is 69.2 Å². The van der Waals surface area contributed by atoms with E-state index in [1.165, 1.54) is 11.3 Å². The Kier molecular flexibility index (Phi) is 4.11. The summed E-state index contributed by atoms with van der Waals surface area (Å²) in [6.07, 6.45) is 3.80. The summed E-state index contributed by atoms with van der Waals surface area (Å²) in [5.41, 5.74) is 0.759. The van der Waals surface area contributed by atoms with Gasteiger partial charge in [0.15, 0.2) is 0 Å². The van der Waals surface area contributed by atoms with Crippen molar-refractivity contribution in [2.24, 2.45) is 0 Å². The van der Waals surface area contributed by atoms with Crippen LogP contribution in [0.1, 0.15) is 11.8 Å². The second-order valence-corrected chi connectivity index (χ2v) is 6.18. The van der Waals surface area contributed by atoms with Gasteiger partial charge in [0, 0.05) is 18.0 Å². The van der Waals surface area contributed by atoms with E-state index < -0.39 is 16.1 Å². The van der Waals surface area contributed by atoms with E-state index in [0.29, 0.717) is 16.3 Å². The van der Waals surface area contributed by atoms with E-state index in [-0.39, 0.29) is 5.88 Å². The molecule has 0 aliphatic rings. The molecule has 0 atom stereocenters. The fourth-order valence-corrected chi connectivity index (χ4v) is 2.78. The highest BCUT2D eigenvalue weighted by molar-refractivity contribution is 7.86. The Balaban J connectivity index is 2.38. The van der Waals surface area contributed by atoms with Crippen LogP contribution in [0.3, 0.4) is 0 Å². The standard InChI is InChI=1S/C11H11FN2O3S2/c1-2-9-10(17-19(15,16)7-12)14-11(18-9)8-4-3-5-13-6-8/h3-6H,2,7H2,1H3. The van der Waals surface area contributed by atoms with Crippen LogP contribution in [0.25, 0.3) is 10.6 Å². The van der Waals surface area contributed by atoms with Gasteiger partial charge in [0.25, 0.3) is 0 Å². The molecule has 19 heavy (non-hydrogen) atoms. The average Bonchev–Trinajstić information content (AvgIpc) is 2.82. The number of thiazole rings is 1. The number of hydrogen-bond donors (Lipinski definition) is 0. The van der Waals surface area contributed by atoms with E-state index in [9.17, 15) is 12.8 Å². The largest absolute Gasteiger partial charge is 0.359 e. The van der Waals surface area contributed by atoms with Crippen molar-refractivity contribution in [3.05, 3.63) is 29.4 Å². The minimum Gasteiger partial charge on any atom is -0.359 e. The summed E-state index contributed by atoms with van der Waals surface area (Å²) < 4.78 is 39.2. The second-order valence-electron chi connectivity index (χ2n) is 3.59. The van der Waals surface area contributed by atoms with Crippen molar-refractivity contribution in [2.45, 2.75) is 13.3 Å². The molecule has 0 radical (unpaired) electrons. The van der Waals surface area contributed by atoms with Crippen LogP contribution < -0.4 is 4.18 Å². The van der Waals surface area contributed by atoms with Crippen molar-refractivity contribution >= 4 is 21.5 Å². The minimum absolute atomic E-state index is 0.0518. The van der Waals surface area contributed by atoms with Gasteiger partial charge < -0.3 is 4.18 Å². The van der Waals surface area contributed by atoms with E-state index in [1.54, 1.807) is 24.5 Å². The van der Waals surface area contributed by atoms with Crippen molar-refractivity contribution < 1.29 is 17.0 Å². The van der Waals surface area contributed by atoms with E-state index in [4.69, 9.17) is 0 Å². The normalized spacial score (nSPS) is 11.5. The zero-order valence-electron chi connectivity index (χ0n) is 10.0. The first-order chi connectivity index (χ1) is 9.05. The third-order valence-corrected chi connectivity index (χ3v) is 4.14. The van der Waals surface area contributed by atoms with Crippen LogP contribution in [-0.2, 0) is 16.5 Å². The summed E-state index contributed by atoms with van der Waals surface area (Å²) in [6.45, 7) is 1.84. The van der Waals surface area contributed by atoms with Gasteiger partial charge in [0.05, 0.1) is 4.88 Å². The Morgan fingerprint density at radius 3 is 2.84 bits per heavy atom. The fraction of sp³-hybridized carbons (Fsp3) is 0.273. The van der Waals surface area contributed by atoms with Crippen LogP contribution in [0.4, 0.5) is 4.39 Å². The molecular weight excluding hydrogens is 291 g/mol. The number of aromatic nitrogens is 2. The number of hydrogen-bond acceptors (Lipinski definition) is 6. The predicted octanol–water partition coefficient (Wildman–Crippen LogP) is 2.40. The highest BCUT2D eigenvalue weighted by Gasteiger charge is 2.19. The molecule has 0 fully saturated rings. The van der Waals surface area contributed by atoms with E-state index >= 15 is 0 Å². The molecular formula is C11H11FN2O3S2. The average molecular weight is 302 g/mol. The van der Waals surface area contributed by atoms with Crippen molar-refractivity contribution in [3.8, 4) is 16.5 Å². The van der Waals surface area contributed by atoms with Gasteiger partial charge in [-0.3, -0.25) is 4.98 Å². The molecule has 0 amide bonds. The molecule has 0 bridgehead atoms. The van der Waals surface area contributed by atoms with E-state index in [2.05, 4.69) is 14.2 Å². The summed E-state index contributed by atoms with van der Waals surface area (Å²) in [4.78, 5) is 8.71. The SMILES string of the molecule is CCc1sc(-c2cccnc2)nc1OS(=O)(=O)CF. The lowest BCUT2D eigenvalue weighted by Crippen LogP contribution is -2.11. The minimum atomic E-state index is -4.21. The van der Waals surface area contributed by atoms with Gasteiger partial charge in [-0.1, -0.05) is 6.92 Å². The van der Waals surface area contributed by atoms with Gasteiger partial charge in [-0.15, -0.1) is 11.3 Å².